The van der Waals surface area contributed by atoms with E-state index >= 15 is 0 Å². The van der Waals surface area contributed by atoms with Gasteiger partial charge in [0.15, 0.2) is 0 Å². The molecule has 0 radical (unpaired) electrons. The summed E-state index contributed by atoms with van der Waals surface area (Å²) in [5.74, 6) is -0.836. The number of urea groups is 1. The Labute approximate surface area is 133 Å². The van der Waals surface area contributed by atoms with E-state index in [0.717, 1.165) is 4.90 Å². The first-order valence-electron chi connectivity index (χ1n) is 6.93. The average Bonchev–Trinajstić information content (AvgIpc) is 2.63. The molecule has 0 aromatic heterocycles. The van der Waals surface area contributed by atoms with Crippen molar-refractivity contribution in [1.29, 1.82) is 0 Å². The van der Waals surface area contributed by atoms with Crippen molar-refractivity contribution in [3.05, 3.63) is 34.9 Å². The van der Waals surface area contributed by atoms with Gasteiger partial charge in [0.1, 0.15) is 12.1 Å². The van der Waals surface area contributed by atoms with Crippen molar-refractivity contribution in [2.24, 2.45) is 0 Å². The van der Waals surface area contributed by atoms with Gasteiger partial charge in [0.05, 0.1) is 0 Å². The molecule has 7 heteroatoms. The minimum Gasteiger partial charge on any atom is -0.352 e. The van der Waals surface area contributed by atoms with Gasteiger partial charge in [-0.15, -0.1) is 0 Å². The van der Waals surface area contributed by atoms with Crippen molar-refractivity contribution in [2.45, 2.75) is 32.4 Å². The number of nitrogens with zero attached hydrogens (tertiary/aromatic N) is 1. The number of nitrogens with one attached hydrogen (secondary N) is 2. The molecule has 1 heterocycles. The zero-order valence-corrected chi connectivity index (χ0v) is 13.4. The maximum atomic E-state index is 12.6. The lowest BCUT2D eigenvalue weighted by Gasteiger charge is -2.22. The summed E-state index contributed by atoms with van der Waals surface area (Å²) in [7, 11) is 0. The molecule has 22 heavy (non-hydrogen) atoms. The van der Waals surface area contributed by atoms with Crippen LogP contribution in [0.4, 0.5) is 4.79 Å². The summed E-state index contributed by atoms with van der Waals surface area (Å²) in [5.41, 5.74) is -0.582. The van der Waals surface area contributed by atoms with Crippen LogP contribution in [0.5, 0.6) is 0 Å². The summed E-state index contributed by atoms with van der Waals surface area (Å²) < 4.78 is 0. The third-order valence-corrected chi connectivity index (χ3v) is 3.70. The second kappa shape index (κ2) is 5.96. The van der Waals surface area contributed by atoms with Gasteiger partial charge in [-0.1, -0.05) is 23.7 Å². The monoisotopic (exact) mass is 323 g/mol. The van der Waals surface area contributed by atoms with E-state index in [1.807, 2.05) is 13.8 Å². The zero-order valence-electron chi connectivity index (χ0n) is 12.6. The van der Waals surface area contributed by atoms with Gasteiger partial charge in [-0.05, 0) is 38.5 Å². The predicted molar refractivity (Wildman–Crippen MR) is 82.3 cm³/mol. The topological polar surface area (TPSA) is 78.5 Å². The molecule has 1 aliphatic rings. The van der Waals surface area contributed by atoms with Crippen molar-refractivity contribution in [2.75, 3.05) is 6.54 Å². The quantitative estimate of drug-likeness (QED) is 0.827. The van der Waals surface area contributed by atoms with Crippen LogP contribution in [0, 0.1) is 0 Å². The molecule has 1 atom stereocenters. The van der Waals surface area contributed by atoms with Crippen LogP contribution < -0.4 is 10.6 Å². The Hall–Kier alpha value is -2.08. The predicted octanol–water partition coefficient (Wildman–Crippen LogP) is 1.63. The van der Waals surface area contributed by atoms with Gasteiger partial charge < -0.3 is 10.6 Å². The fourth-order valence-electron chi connectivity index (χ4n) is 2.33. The molecule has 1 unspecified atom stereocenters. The van der Waals surface area contributed by atoms with Crippen molar-refractivity contribution >= 4 is 29.4 Å². The number of hydrogen-bond acceptors (Lipinski definition) is 3. The van der Waals surface area contributed by atoms with Gasteiger partial charge in [-0.3, -0.25) is 14.5 Å². The highest BCUT2D eigenvalue weighted by atomic mass is 35.5. The van der Waals surface area contributed by atoms with E-state index < -0.39 is 17.5 Å². The number of amides is 4. The average molecular weight is 324 g/mol. The Bertz CT molecular complexity index is 615. The van der Waals surface area contributed by atoms with Crippen LogP contribution in [0.15, 0.2) is 24.3 Å². The fraction of sp³-hybridized carbons (Fsp3) is 0.400. The lowest BCUT2D eigenvalue weighted by Crippen LogP contribution is -2.44. The molecule has 1 aromatic carbocycles. The van der Waals surface area contributed by atoms with Crippen molar-refractivity contribution in [1.82, 2.24) is 15.5 Å². The SMILES string of the molecule is CC(C)NC(=O)CN1C(=O)NC(C)(c2ccc(Cl)cc2)C1=O. The molecule has 1 aliphatic heterocycles. The summed E-state index contributed by atoms with van der Waals surface area (Å²) in [6.07, 6.45) is 0. The largest absolute Gasteiger partial charge is 0.352 e. The van der Waals surface area contributed by atoms with Crippen LogP contribution in [-0.4, -0.2) is 35.3 Å². The summed E-state index contributed by atoms with van der Waals surface area (Å²) >= 11 is 5.84. The Balaban J connectivity index is 2.20. The van der Waals surface area contributed by atoms with E-state index in [1.54, 1.807) is 31.2 Å². The summed E-state index contributed by atoms with van der Waals surface area (Å²) in [6, 6.07) is 6.01. The molecule has 1 aromatic rings. The number of imide groups is 1. The lowest BCUT2D eigenvalue weighted by atomic mass is 9.92. The van der Waals surface area contributed by atoms with Crippen LogP contribution in [0.3, 0.4) is 0 Å². The van der Waals surface area contributed by atoms with E-state index in [1.165, 1.54) is 0 Å². The van der Waals surface area contributed by atoms with Crippen molar-refractivity contribution < 1.29 is 14.4 Å². The molecule has 0 spiro atoms. The molecular formula is C15H18ClN3O3. The van der Waals surface area contributed by atoms with E-state index in [4.69, 9.17) is 11.6 Å². The number of carbonyl (C=O) groups is 3. The van der Waals surface area contributed by atoms with Gasteiger partial charge in [0.25, 0.3) is 5.91 Å². The van der Waals surface area contributed by atoms with Gasteiger partial charge in [-0.25, -0.2) is 4.79 Å². The molecule has 1 saturated heterocycles. The van der Waals surface area contributed by atoms with E-state index in [9.17, 15) is 14.4 Å². The highest BCUT2D eigenvalue weighted by Crippen LogP contribution is 2.29. The first-order valence-corrected chi connectivity index (χ1v) is 7.31. The van der Waals surface area contributed by atoms with Crippen LogP contribution >= 0.6 is 11.6 Å². The highest BCUT2D eigenvalue weighted by molar-refractivity contribution is 6.30. The Morgan fingerprint density at radius 1 is 1.32 bits per heavy atom. The van der Waals surface area contributed by atoms with Gasteiger partial charge in [0, 0.05) is 11.1 Å². The molecule has 118 valence electrons. The highest BCUT2D eigenvalue weighted by Gasteiger charge is 2.49. The molecule has 0 aliphatic carbocycles. The molecule has 1 fully saturated rings. The normalized spacial score (nSPS) is 21.2. The van der Waals surface area contributed by atoms with Crippen LogP contribution in [0.25, 0.3) is 0 Å². The molecule has 2 rings (SSSR count). The summed E-state index contributed by atoms with van der Waals surface area (Å²) in [4.78, 5) is 37.3. The second-order valence-electron chi connectivity index (χ2n) is 5.68. The number of rotatable bonds is 4. The van der Waals surface area contributed by atoms with Gasteiger partial charge in [0.2, 0.25) is 5.91 Å². The molecule has 4 amide bonds. The van der Waals surface area contributed by atoms with Gasteiger partial charge in [-0.2, -0.15) is 0 Å². The zero-order chi connectivity index (χ0) is 16.5. The molecule has 2 N–H and O–H groups in total. The minimum atomic E-state index is -1.19. The van der Waals surface area contributed by atoms with Crippen LogP contribution in [0.1, 0.15) is 26.3 Å². The third kappa shape index (κ3) is 3.06. The van der Waals surface area contributed by atoms with E-state index in [0.29, 0.717) is 10.6 Å². The summed E-state index contributed by atoms with van der Waals surface area (Å²) in [5, 5.41) is 5.83. The summed E-state index contributed by atoms with van der Waals surface area (Å²) in [6.45, 7) is 4.92. The number of halogens is 1. The van der Waals surface area contributed by atoms with Crippen LogP contribution in [0.2, 0.25) is 5.02 Å². The Morgan fingerprint density at radius 3 is 2.45 bits per heavy atom. The molecule has 0 bridgehead atoms. The maximum absolute atomic E-state index is 12.6. The number of benzene rings is 1. The van der Waals surface area contributed by atoms with E-state index in [2.05, 4.69) is 10.6 Å². The second-order valence-corrected chi connectivity index (χ2v) is 6.11. The maximum Gasteiger partial charge on any atom is 0.325 e. The van der Waals surface area contributed by atoms with Crippen LogP contribution in [-0.2, 0) is 15.1 Å². The molecule has 6 nitrogen and oxygen atoms in total. The van der Waals surface area contributed by atoms with Crippen molar-refractivity contribution in [3.63, 3.8) is 0 Å². The number of carbonyl (C=O) groups excluding carboxylic acids is 3. The minimum absolute atomic E-state index is 0.0593. The number of hydrogen-bond donors (Lipinski definition) is 2. The molecule has 0 saturated carbocycles. The standard InChI is InChI=1S/C15H18ClN3O3/c1-9(2)17-12(20)8-19-13(21)15(3,18-14(19)22)10-4-6-11(16)7-5-10/h4-7,9H,8H2,1-3H3,(H,17,20)(H,18,22). The van der Waals surface area contributed by atoms with Gasteiger partial charge >= 0.3 is 6.03 Å². The first-order chi connectivity index (χ1) is 10.2. The lowest BCUT2D eigenvalue weighted by molar-refractivity contribution is -0.135. The Kier molecular flexibility index (Phi) is 4.42. The smallest absolute Gasteiger partial charge is 0.325 e. The fourth-order valence-corrected chi connectivity index (χ4v) is 2.46. The molecular weight excluding hydrogens is 306 g/mol. The van der Waals surface area contributed by atoms with E-state index in [-0.39, 0.29) is 18.5 Å². The Morgan fingerprint density at radius 2 is 1.91 bits per heavy atom. The first kappa shape index (κ1) is 16.3. The third-order valence-electron chi connectivity index (χ3n) is 3.45. The van der Waals surface area contributed by atoms with Crippen molar-refractivity contribution in [3.8, 4) is 0 Å².